The Hall–Kier alpha value is -0.990. The van der Waals surface area contributed by atoms with Gasteiger partial charge >= 0.3 is 17.2 Å². The highest BCUT2D eigenvalue weighted by atomic mass is 35.5. The molecule has 9 heteroatoms. The summed E-state index contributed by atoms with van der Waals surface area (Å²) >= 11 is 5.57. The van der Waals surface area contributed by atoms with Crippen molar-refractivity contribution in [1.29, 1.82) is 0 Å². The van der Waals surface area contributed by atoms with E-state index < -0.39 is 5.30 Å². The predicted molar refractivity (Wildman–Crippen MR) is 86.6 cm³/mol. The largest absolute Gasteiger partial charge is 0.459 e. The summed E-state index contributed by atoms with van der Waals surface area (Å²) in [5, 5.41) is -0.452. The Labute approximate surface area is 141 Å². The van der Waals surface area contributed by atoms with Crippen LogP contribution in [0.2, 0.25) is 0 Å². The second kappa shape index (κ2) is 18.1. The number of esters is 2. The monoisotopic (exact) mass is 360 g/mol. The Bertz CT molecular complexity index is 313. The molecule has 0 atom stereocenters. The fourth-order valence-corrected chi connectivity index (χ4v) is 0.849. The summed E-state index contributed by atoms with van der Waals surface area (Å²) in [6.45, 7) is 6.97. The smallest absolute Gasteiger partial charge is 0.369 e. The average molecular weight is 361 g/mol. The molecule has 0 aromatic rings. The minimum Gasteiger partial charge on any atom is -0.459 e. The number of hydrogen-bond donors (Lipinski definition) is 1. The van der Waals surface area contributed by atoms with E-state index in [9.17, 15) is 14.4 Å². The zero-order valence-corrected chi connectivity index (χ0v) is 15.6. The van der Waals surface area contributed by atoms with Crippen LogP contribution in [0.15, 0.2) is 0 Å². The van der Waals surface area contributed by atoms with Crippen LogP contribution in [0.3, 0.4) is 0 Å². The Kier molecular flexibility index (Phi) is 21.3. The van der Waals surface area contributed by atoms with Crippen LogP contribution in [0.5, 0.6) is 0 Å². The second-order valence-corrected chi connectivity index (χ2v) is 4.86. The highest BCUT2D eigenvalue weighted by molar-refractivity contribution is 8.12. The maximum atomic E-state index is 10.8. The molecular formula is C13H27ClNO6S+. The van der Waals surface area contributed by atoms with Crippen molar-refractivity contribution < 1.29 is 34.3 Å². The van der Waals surface area contributed by atoms with Crippen molar-refractivity contribution >= 4 is 40.6 Å². The molecule has 0 saturated carbocycles. The van der Waals surface area contributed by atoms with Gasteiger partial charge in [-0.1, -0.05) is 13.8 Å². The highest BCUT2D eigenvalue weighted by Crippen LogP contribution is 2.00. The van der Waals surface area contributed by atoms with Crippen molar-refractivity contribution in [3.63, 3.8) is 0 Å². The van der Waals surface area contributed by atoms with Crippen LogP contribution in [-0.4, -0.2) is 49.3 Å². The van der Waals surface area contributed by atoms with Crippen molar-refractivity contribution in [1.82, 2.24) is 0 Å². The van der Waals surface area contributed by atoms with Crippen LogP contribution in [0.25, 0.3) is 0 Å². The summed E-state index contributed by atoms with van der Waals surface area (Å²) in [5.41, 5.74) is 3.36. The lowest BCUT2D eigenvalue weighted by Gasteiger charge is -2.06. The lowest BCUT2D eigenvalue weighted by molar-refractivity contribution is -0.360. The number of hydrogen-bond acceptors (Lipinski definition) is 7. The first-order valence-electron chi connectivity index (χ1n) is 6.48. The van der Waals surface area contributed by atoms with Crippen molar-refractivity contribution in [2.24, 2.45) is 5.92 Å². The molecule has 0 aliphatic rings. The summed E-state index contributed by atoms with van der Waals surface area (Å²) < 4.78 is 13.8. The number of quaternary nitrogens is 1. The first-order chi connectivity index (χ1) is 10.2. The van der Waals surface area contributed by atoms with E-state index >= 15 is 0 Å². The summed E-state index contributed by atoms with van der Waals surface area (Å²) in [4.78, 5) is 31.6. The van der Waals surface area contributed by atoms with E-state index in [1.807, 2.05) is 13.8 Å². The van der Waals surface area contributed by atoms with Crippen LogP contribution in [0.4, 0.5) is 4.79 Å². The van der Waals surface area contributed by atoms with E-state index in [0.717, 1.165) is 11.8 Å². The lowest BCUT2D eigenvalue weighted by Crippen LogP contribution is -2.54. The zero-order valence-electron chi connectivity index (χ0n) is 14.0. The Morgan fingerprint density at radius 3 is 1.86 bits per heavy atom. The normalized spacial score (nSPS) is 9.00. The van der Waals surface area contributed by atoms with Gasteiger partial charge in [0.1, 0.15) is 0 Å². The molecule has 0 aliphatic heterocycles. The minimum absolute atomic E-state index is 0.00995. The number of halogens is 1. The summed E-state index contributed by atoms with van der Waals surface area (Å²) in [5.74, 6) is -0.804. The molecule has 0 fully saturated rings. The maximum absolute atomic E-state index is 10.8. The molecule has 0 heterocycles. The van der Waals surface area contributed by atoms with Gasteiger partial charge < -0.3 is 19.9 Å². The molecule has 0 aromatic carbocycles. The van der Waals surface area contributed by atoms with E-state index in [0.29, 0.717) is 0 Å². The van der Waals surface area contributed by atoms with Crippen molar-refractivity contribution in [2.75, 3.05) is 26.0 Å². The van der Waals surface area contributed by atoms with Gasteiger partial charge in [-0.15, -0.1) is 11.6 Å². The lowest BCUT2D eigenvalue weighted by atomic mass is 10.2. The molecule has 0 unspecified atom stereocenters. The van der Waals surface area contributed by atoms with E-state index in [1.54, 1.807) is 20.1 Å². The summed E-state index contributed by atoms with van der Waals surface area (Å²) in [6, 6.07) is 0. The minimum atomic E-state index is -0.452. The SMILES string of the molecule is CC(C)OC(=O)C[NH3+].CCl.CSC(=O)OCOC(=O)C(C)C. The van der Waals surface area contributed by atoms with Gasteiger partial charge in [-0.05, 0) is 31.9 Å². The topological polar surface area (TPSA) is 107 Å². The molecular weight excluding hydrogens is 334 g/mol. The summed E-state index contributed by atoms with van der Waals surface area (Å²) in [7, 11) is 0. The second-order valence-electron chi connectivity index (χ2n) is 4.12. The molecule has 0 rings (SSSR count). The number of carbonyl (C=O) groups is 3. The third-order valence-electron chi connectivity index (χ3n) is 1.59. The highest BCUT2D eigenvalue weighted by Gasteiger charge is 2.08. The number of rotatable bonds is 5. The fraction of sp³-hybridized carbons (Fsp3) is 0.769. The van der Waals surface area contributed by atoms with Crippen LogP contribution in [-0.2, 0) is 23.8 Å². The fourth-order valence-electron chi connectivity index (χ4n) is 0.683. The molecule has 132 valence electrons. The Morgan fingerprint density at radius 1 is 1.09 bits per heavy atom. The third kappa shape index (κ3) is 21.3. The number of ether oxygens (including phenoxy) is 3. The van der Waals surface area contributed by atoms with Gasteiger partial charge in [0.15, 0.2) is 6.54 Å². The van der Waals surface area contributed by atoms with E-state index in [2.05, 4.69) is 26.8 Å². The molecule has 3 N–H and O–H groups in total. The molecule has 7 nitrogen and oxygen atoms in total. The molecule has 0 aliphatic carbocycles. The van der Waals surface area contributed by atoms with Crippen molar-refractivity contribution in [3.05, 3.63) is 0 Å². The third-order valence-corrected chi connectivity index (χ3v) is 2.04. The van der Waals surface area contributed by atoms with Crippen molar-refractivity contribution in [3.8, 4) is 0 Å². The molecule has 0 radical (unpaired) electrons. The number of carbonyl (C=O) groups excluding carboxylic acids is 3. The molecule has 0 saturated heterocycles. The Balaban J connectivity index is -0.000000313. The molecule has 0 amide bonds. The van der Waals surface area contributed by atoms with E-state index in [1.165, 1.54) is 6.38 Å². The van der Waals surface area contributed by atoms with Crippen molar-refractivity contribution in [2.45, 2.75) is 33.8 Å². The van der Waals surface area contributed by atoms with Crippen LogP contribution < -0.4 is 5.73 Å². The predicted octanol–water partition coefficient (Wildman–Crippen LogP) is 1.68. The molecule has 0 bridgehead atoms. The average Bonchev–Trinajstić information content (AvgIpc) is 2.48. The van der Waals surface area contributed by atoms with Gasteiger partial charge in [0.25, 0.3) is 0 Å². The van der Waals surface area contributed by atoms with Gasteiger partial charge in [-0.25, -0.2) is 9.59 Å². The Morgan fingerprint density at radius 2 is 1.59 bits per heavy atom. The zero-order chi connectivity index (χ0) is 18.1. The molecule has 0 aromatic heterocycles. The number of alkyl halides is 1. The first-order valence-corrected chi connectivity index (χ1v) is 8.46. The molecule has 22 heavy (non-hydrogen) atoms. The van der Waals surface area contributed by atoms with Gasteiger partial charge in [-0.2, -0.15) is 0 Å². The van der Waals surface area contributed by atoms with Crippen LogP contribution >= 0.6 is 23.4 Å². The molecule has 0 spiro atoms. The van der Waals surface area contributed by atoms with Crippen LogP contribution in [0, 0.1) is 5.92 Å². The standard InChI is InChI=1S/C7H12O4S.C5H11NO2.CH3Cl/c1-5(2)6(8)10-4-11-7(9)12-3;1-4(2)8-5(7)3-6;1-2/h5H,4H2,1-3H3;4H,3,6H2,1-2H3;1H3/p+1. The quantitative estimate of drug-likeness (QED) is 0.451. The van der Waals surface area contributed by atoms with Gasteiger partial charge in [0.2, 0.25) is 6.79 Å². The van der Waals surface area contributed by atoms with Gasteiger partial charge in [0, 0.05) is 6.38 Å². The first kappa shape index (κ1) is 25.9. The van der Waals surface area contributed by atoms with Gasteiger partial charge in [-0.3, -0.25) is 4.79 Å². The van der Waals surface area contributed by atoms with E-state index in [-0.39, 0.29) is 37.3 Å². The summed E-state index contributed by atoms with van der Waals surface area (Å²) in [6.07, 6.45) is 3.05. The van der Waals surface area contributed by atoms with Crippen LogP contribution in [0.1, 0.15) is 27.7 Å². The van der Waals surface area contributed by atoms with Gasteiger partial charge in [0.05, 0.1) is 12.0 Å². The van der Waals surface area contributed by atoms with E-state index in [4.69, 9.17) is 4.74 Å². The number of thioether (sulfide) groups is 1. The maximum Gasteiger partial charge on any atom is 0.369 e.